The minimum Gasteiger partial charge on any atom is -0.493 e. The summed E-state index contributed by atoms with van der Waals surface area (Å²) in [4.78, 5) is 19.5. The second-order valence-electron chi connectivity index (χ2n) is 11.4. The number of hydrogen-bond donors (Lipinski definition) is 1. The van der Waals surface area contributed by atoms with Gasteiger partial charge in [-0.3, -0.25) is 4.98 Å². The van der Waals surface area contributed by atoms with Gasteiger partial charge >= 0.3 is 6.18 Å². The molecular formula is C31H35F3N6O. The molecule has 4 aromatic rings. The quantitative estimate of drug-likeness (QED) is 0.224. The standard InChI is InChI=1S/C31H35F3N6O/c1-30(2,3)23-11-10-22(18-26(23)41-16-8-15-40-13-5-4-6-14-40)39-29-28-25(37-20-38-29)17-21(19-36-28)27-24(31(32,33)34)9-7-12-35-27/h7,9-12,17-20H,4-6,8,13-16H2,1-3H3,(H,37,38,39). The molecule has 216 valence electrons. The van der Waals surface area contributed by atoms with Gasteiger partial charge in [0, 0.05) is 36.3 Å². The van der Waals surface area contributed by atoms with Gasteiger partial charge in [0.25, 0.3) is 0 Å². The first-order valence-corrected chi connectivity index (χ1v) is 14.0. The molecule has 0 aliphatic carbocycles. The summed E-state index contributed by atoms with van der Waals surface area (Å²) in [6.07, 6.45) is 4.34. The number of ether oxygens (including phenoxy) is 1. The summed E-state index contributed by atoms with van der Waals surface area (Å²) in [5.74, 6) is 1.25. The van der Waals surface area contributed by atoms with Crippen LogP contribution in [0.5, 0.6) is 5.75 Å². The highest BCUT2D eigenvalue weighted by Gasteiger charge is 2.34. The molecule has 5 rings (SSSR count). The first-order valence-electron chi connectivity index (χ1n) is 14.0. The third-order valence-electron chi connectivity index (χ3n) is 7.24. The molecule has 1 N–H and O–H groups in total. The number of hydrogen-bond acceptors (Lipinski definition) is 7. The topological polar surface area (TPSA) is 76.1 Å². The molecule has 10 heteroatoms. The molecule has 4 heterocycles. The number of nitrogens with zero attached hydrogens (tertiary/aromatic N) is 5. The van der Waals surface area contributed by atoms with E-state index in [9.17, 15) is 13.2 Å². The Kier molecular flexibility index (Phi) is 8.40. The van der Waals surface area contributed by atoms with Crippen LogP contribution in [0.25, 0.3) is 22.3 Å². The lowest BCUT2D eigenvalue weighted by Gasteiger charge is -2.27. The molecule has 1 fully saturated rings. The number of fused-ring (bicyclic) bond motifs is 1. The Morgan fingerprint density at radius 1 is 0.927 bits per heavy atom. The fraction of sp³-hybridized carbons (Fsp3) is 0.419. The summed E-state index contributed by atoms with van der Waals surface area (Å²) in [6.45, 7) is 10.5. The largest absolute Gasteiger partial charge is 0.493 e. The number of alkyl halides is 3. The van der Waals surface area contributed by atoms with Crippen LogP contribution in [0.15, 0.2) is 55.1 Å². The summed E-state index contributed by atoms with van der Waals surface area (Å²) in [6, 6.07) is 9.81. The average Bonchev–Trinajstić information content (AvgIpc) is 2.95. The molecule has 3 aromatic heterocycles. The fourth-order valence-corrected chi connectivity index (χ4v) is 5.16. The van der Waals surface area contributed by atoms with Crippen molar-refractivity contribution in [2.24, 2.45) is 0 Å². The van der Waals surface area contributed by atoms with Crippen LogP contribution in [0, 0.1) is 0 Å². The van der Waals surface area contributed by atoms with E-state index in [-0.39, 0.29) is 16.7 Å². The van der Waals surface area contributed by atoms with Crippen LogP contribution in [-0.2, 0) is 11.6 Å². The van der Waals surface area contributed by atoms with Gasteiger partial charge in [0.1, 0.15) is 17.6 Å². The van der Waals surface area contributed by atoms with Crippen molar-refractivity contribution in [2.75, 3.05) is 31.6 Å². The van der Waals surface area contributed by atoms with Crippen molar-refractivity contribution in [3.63, 3.8) is 0 Å². The van der Waals surface area contributed by atoms with Crippen LogP contribution in [-0.4, -0.2) is 51.1 Å². The summed E-state index contributed by atoms with van der Waals surface area (Å²) in [7, 11) is 0. The van der Waals surface area contributed by atoms with E-state index in [0.29, 0.717) is 23.5 Å². The van der Waals surface area contributed by atoms with Crippen LogP contribution in [0.4, 0.5) is 24.7 Å². The Morgan fingerprint density at radius 2 is 1.73 bits per heavy atom. The zero-order valence-corrected chi connectivity index (χ0v) is 23.6. The average molecular weight is 565 g/mol. The Labute approximate surface area is 238 Å². The highest BCUT2D eigenvalue weighted by molar-refractivity contribution is 5.89. The number of anilines is 2. The van der Waals surface area contributed by atoms with Gasteiger partial charge in [-0.15, -0.1) is 0 Å². The fourth-order valence-electron chi connectivity index (χ4n) is 5.16. The summed E-state index contributed by atoms with van der Waals surface area (Å²) < 4.78 is 47.0. The van der Waals surface area contributed by atoms with E-state index < -0.39 is 11.7 Å². The van der Waals surface area contributed by atoms with E-state index in [1.807, 2.05) is 12.1 Å². The Hall–Kier alpha value is -3.79. The summed E-state index contributed by atoms with van der Waals surface area (Å²) in [5.41, 5.74) is 1.80. The van der Waals surface area contributed by atoms with Gasteiger partial charge in [-0.1, -0.05) is 33.3 Å². The van der Waals surface area contributed by atoms with E-state index in [2.05, 4.69) is 57.0 Å². The lowest BCUT2D eigenvalue weighted by molar-refractivity contribution is -0.137. The number of pyridine rings is 2. The van der Waals surface area contributed by atoms with E-state index >= 15 is 0 Å². The predicted octanol–water partition coefficient (Wildman–Crippen LogP) is 7.40. The van der Waals surface area contributed by atoms with Crippen molar-refractivity contribution >= 4 is 22.5 Å². The van der Waals surface area contributed by atoms with Crippen LogP contribution < -0.4 is 10.1 Å². The molecule has 0 spiro atoms. The van der Waals surface area contributed by atoms with Gasteiger partial charge in [-0.2, -0.15) is 13.2 Å². The number of nitrogens with one attached hydrogen (secondary N) is 1. The predicted molar refractivity (Wildman–Crippen MR) is 154 cm³/mol. The Morgan fingerprint density at radius 3 is 2.49 bits per heavy atom. The maximum atomic E-state index is 13.6. The van der Waals surface area contributed by atoms with Crippen molar-refractivity contribution in [1.29, 1.82) is 0 Å². The number of aromatic nitrogens is 4. The van der Waals surface area contributed by atoms with Gasteiger partial charge in [-0.25, -0.2) is 15.0 Å². The maximum Gasteiger partial charge on any atom is 0.418 e. The summed E-state index contributed by atoms with van der Waals surface area (Å²) >= 11 is 0. The monoisotopic (exact) mass is 564 g/mol. The van der Waals surface area contributed by atoms with E-state index in [0.717, 1.165) is 36.0 Å². The van der Waals surface area contributed by atoms with Crippen molar-refractivity contribution < 1.29 is 17.9 Å². The van der Waals surface area contributed by atoms with Gasteiger partial charge in [0.05, 0.1) is 23.4 Å². The molecular weight excluding hydrogens is 529 g/mol. The lowest BCUT2D eigenvalue weighted by atomic mass is 9.86. The molecule has 0 amide bonds. The zero-order valence-electron chi connectivity index (χ0n) is 23.6. The Balaban J connectivity index is 1.37. The molecule has 1 aromatic carbocycles. The van der Waals surface area contributed by atoms with Crippen molar-refractivity contribution in [3.05, 3.63) is 66.2 Å². The van der Waals surface area contributed by atoms with E-state index in [1.54, 1.807) is 6.07 Å². The molecule has 1 aliphatic rings. The molecule has 0 unspecified atom stereocenters. The van der Waals surface area contributed by atoms with Gasteiger partial charge in [-0.05, 0) is 67.6 Å². The molecule has 41 heavy (non-hydrogen) atoms. The maximum absolute atomic E-state index is 13.6. The minimum absolute atomic E-state index is 0.110. The third kappa shape index (κ3) is 6.93. The molecule has 1 aliphatic heterocycles. The molecule has 0 bridgehead atoms. The van der Waals surface area contributed by atoms with Crippen LogP contribution >= 0.6 is 0 Å². The summed E-state index contributed by atoms with van der Waals surface area (Å²) in [5, 5.41) is 3.31. The second kappa shape index (κ2) is 12.0. The number of halogens is 3. The minimum atomic E-state index is -4.54. The highest BCUT2D eigenvalue weighted by Crippen LogP contribution is 2.37. The van der Waals surface area contributed by atoms with Crippen LogP contribution in [0.2, 0.25) is 0 Å². The van der Waals surface area contributed by atoms with Crippen LogP contribution in [0.3, 0.4) is 0 Å². The van der Waals surface area contributed by atoms with Gasteiger partial charge in [0.15, 0.2) is 5.82 Å². The highest BCUT2D eigenvalue weighted by atomic mass is 19.4. The molecule has 0 saturated carbocycles. The normalized spacial score (nSPS) is 14.8. The molecule has 0 atom stereocenters. The number of piperidine rings is 1. The van der Waals surface area contributed by atoms with Gasteiger partial charge < -0.3 is 15.0 Å². The first kappa shape index (κ1) is 28.7. The number of rotatable bonds is 8. The van der Waals surface area contributed by atoms with Crippen molar-refractivity contribution in [1.82, 2.24) is 24.8 Å². The lowest BCUT2D eigenvalue weighted by Crippen LogP contribution is -2.31. The third-order valence-corrected chi connectivity index (χ3v) is 7.24. The smallest absolute Gasteiger partial charge is 0.418 e. The molecule has 0 radical (unpaired) electrons. The second-order valence-corrected chi connectivity index (χ2v) is 11.4. The number of benzene rings is 1. The SMILES string of the molecule is CC(C)(C)c1ccc(Nc2ncnc3cc(-c4ncccc4C(F)(F)F)cnc23)cc1OCCCN1CCCCC1. The first-order chi connectivity index (χ1) is 19.6. The number of likely N-dealkylation sites (tertiary alicyclic amines) is 1. The van der Waals surface area contributed by atoms with Crippen molar-refractivity contribution in [2.45, 2.75) is 58.0 Å². The molecule has 1 saturated heterocycles. The van der Waals surface area contributed by atoms with Gasteiger partial charge in [0.2, 0.25) is 0 Å². The van der Waals surface area contributed by atoms with Crippen molar-refractivity contribution in [3.8, 4) is 17.0 Å². The van der Waals surface area contributed by atoms with Crippen LogP contribution in [0.1, 0.15) is 57.6 Å². The Bertz CT molecular complexity index is 1500. The van der Waals surface area contributed by atoms with E-state index in [4.69, 9.17) is 4.74 Å². The van der Waals surface area contributed by atoms with E-state index in [1.165, 1.54) is 57.1 Å². The molecule has 7 nitrogen and oxygen atoms in total. The zero-order chi connectivity index (χ0) is 29.0.